The van der Waals surface area contributed by atoms with E-state index in [4.69, 9.17) is 27.9 Å². The average Bonchev–Trinajstić information content (AvgIpc) is 3.18. The fraction of sp³-hybridized carbons (Fsp3) is 0.238. The lowest BCUT2D eigenvalue weighted by Gasteiger charge is -2.16. The SMILES string of the molecule is CCN(CC)C(=O)c1csc(-c2ccc(OCc3ccc(Cl)cc3)cc2Cl)n1. The maximum atomic E-state index is 12.4. The summed E-state index contributed by atoms with van der Waals surface area (Å²) in [6.45, 7) is 5.64. The molecule has 146 valence electrons. The van der Waals surface area contributed by atoms with Crippen LogP contribution in [0.4, 0.5) is 0 Å². The van der Waals surface area contributed by atoms with Crippen LogP contribution in [0.1, 0.15) is 29.9 Å². The summed E-state index contributed by atoms with van der Waals surface area (Å²) >= 11 is 13.7. The zero-order chi connectivity index (χ0) is 20.1. The number of thiazole rings is 1. The van der Waals surface area contributed by atoms with Crippen LogP contribution in [0.2, 0.25) is 10.0 Å². The minimum Gasteiger partial charge on any atom is -0.489 e. The van der Waals surface area contributed by atoms with Gasteiger partial charge in [-0.05, 0) is 49.7 Å². The largest absolute Gasteiger partial charge is 0.489 e. The number of amides is 1. The topological polar surface area (TPSA) is 42.4 Å². The monoisotopic (exact) mass is 434 g/mol. The van der Waals surface area contributed by atoms with Gasteiger partial charge >= 0.3 is 0 Å². The van der Waals surface area contributed by atoms with Gasteiger partial charge in [0.1, 0.15) is 23.1 Å². The van der Waals surface area contributed by atoms with Crippen molar-refractivity contribution in [2.75, 3.05) is 13.1 Å². The summed E-state index contributed by atoms with van der Waals surface area (Å²) in [5, 5.41) is 3.71. The summed E-state index contributed by atoms with van der Waals surface area (Å²) in [6, 6.07) is 13.0. The predicted molar refractivity (Wildman–Crippen MR) is 116 cm³/mol. The third-order valence-corrected chi connectivity index (χ3v) is 5.70. The molecule has 0 fully saturated rings. The Morgan fingerprint density at radius 1 is 1.11 bits per heavy atom. The van der Waals surface area contributed by atoms with Crippen molar-refractivity contribution in [3.05, 3.63) is 69.1 Å². The molecule has 7 heteroatoms. The second-order valence-electron chi connectivity index (χ2n) is 6.07. The average molecular weight is 435 g/mol. The van der Waals surface area contributed by atoms with Crippen molar-refractivity contribution in [1.29, 1.82) is 0 Å². The van der Waals surface area contributed by atoms with Crippen LogP contribution in [0.3, 0.4) is 0 Å². The van der Waals surface area contributed by atoms with E-state index in [2.05, 4.69) is 4.98 Å². The molecule has 3 rings (SSSR count). The third kappa shape index (κ3) is 4.85. The molecule has 28 heavy (non-hydrogen) atoms. The Bertz CT molecular complexity index is 953. The summed E-state index contributed by atoms with van der Waals surface area (Å²) in [7, 11) is 0. The molecule has 0 spiro atoms. The number of carbonyl (C=O) groups is 1. The second kappa shape index (κ2) is 9.41. The molecular formula is C21H20Cl2N2O2S. The lowest BCUT2D eigenvalue weighted by Crippen LogP contribution is -2.30. The number of hydrogen-bond donors (Lipinski definition) is 0. The number of carbonyl (C=O) groups excluding carboxylic acids is 1. The lowest BCUT2D eigenvalue weighted by molar-refractivity contribution is 0.0768. The quantitative estimate of drug-likeness (QED) is 0.445. The van der Waals surface area contributed by atoms with Crippen LogP contribution < -0.4 is 4.74 Å². The number of rotatable bonds is 7. The van der Waals surface area contributed by atoms with E-state index in [1.807, 2.05) is 50.2 Å². The van der Waals surface area contributed by atoms with E-state index in [0.29, 0.717) is 46.2 Å². The molecule has 0 saturated heterocycles. The van der Waals surface area contributed by atoms with Gasteiger partial charge in [0.15, 0.2) is 0 Å². The molecular weight excluding hydrogens is 415 g/mol. The van der Waals surface area contributed by atoms with Crippen LogP contribution in [0, 0.1) is 0 Å². The Kier molecular flexibility index (Phi) is 6.94. The fourth-order valence-electron chi connectivity index (χ4n) is 2.67. The Morgan fingerprint density at radius 3 is 2.46 bits per heavy atom. The number of benzene rings is 2. The molecule has 0 aliphatic carbocycles. The van der Waals surface area contributed by atoms with Crippen LogP contribution in [0.5, 0.6) is 5.75 Å². The zero-order valence-electron chi connectivity index (χ0n) is 15.6. The molecule has 0 aliphatic rings. The molecule has 2 aromatic carbocycles. The Morgan fingerprint density at radius 2 is 1.82 bits per heavy atom. The van der Waals surface area contributed by atoms with Crippen LogP contribution >= 0.6 is 34.5 Å². The molecule has 0 unspecified atom stereocenters. The standard InChI is InChI=1S/C21H20Cl2N2O2S/c1-3-25(4-2)21(26)19-13-28-20(24-19)17-10-9-16(11-18(17)23)27-12-14-5-7-15(22)8-6-14/h5-11,13H,3-4,12H2,1-2H3. The maximum Gasteiger partial charge on any atom is 0.273 e. The molecule has 4 nitrogen and oxygen atoms in total. The van der Waals surface area contributed by atoms with Gasteiger partial charge in [-0.25, -0.2) is 4.98 Å². The highest BCUT2D eigenvalue weighted by Crippen LogP contribution is 2.33. The van der Waals surface area contributed by atoms with Gasteiger partial charge in [0, 0.05) is 29.1 Å². The molecule has 1 heterocycles. The molecule has 0 saturated carbocycles. The highest BCUT2D eigenvalue weighted by atomic mass is 35.5. The number of halogens is 2. The van der Waals surface area contributed by atoms with Crippen LogP contribution in [0.25, 0.3) is 10.6 Å². The van der Waals surface area contributed by atoms with Crippen LogP contribution in [0.15, 0.2) is 47.8 Å². The first-order valence-corrected chi connectivity index (χ1v) is 10.6. The molecule has 0 bridgehead atoms. The van der Waals surface area contributed by atoms with E-state index in [9.17, 15) is 4.79 Å². The van der Waals surface area contributed by atoms with Gasteiger partial charge < -0.3 is 9.64 Å². The maximum absolute atomic E-state index is 12.4. The summed E-state index contributed by atoms with van der Waals surface area (Å²) in [5.74, 6) is 0.603. The first-order valence-electron chi connectivity index (χ1n) is 8.93. The summed E-state index contributed by atoms with van der Waals surface area (Å²) in [4.78, 5) is 18.7. The van der Waals surface area contributed by atoms with Crippen molar-refractivity contribution in [1.82, 2.24) is 9.88 Å². The summed E-state index contributed by atoms with van der Waals surface area (Å²) < 4.78 is 5.80. The van der Waals surface area contributed by atoms with Crippen LogP contribution in [-0.4, -0.2) is 28.9 Å². The predicted octanol–water partition coefficient (Wildman–Crippen LogP) is 6.18. The minimum absolute atomic E-state index is 0.0634. The molecule has 1 aromatic heterocycles. The van der Waals surface area contributed by atoms with Gasteiger partial charge in [-0.2, -0.15) is 0 Å². The van der Waals surface area contributed by atoms with E-state index >= 15 is 0 Å². The fourth-order valence-corrected chi connectivity index (χ4v) is 3.95. The molecule has 0 N–H and O–H groups in total. The lowest BCUT2D eigenvalue weighted by atomic mass is 10.2. The number of aromatic nitrogens is 1. The van der Waals surface area contributed by atoms with Gasteiger partial charge in [-0.3, -0.25) is 4.79 Å². The number of hydrogen-bond acceptors (Lipinski definition) is 4. The first-order chi connectivity index (χ1) is 13.5. The third-order valence-electron chi connectivity index (χ3n) is 4.26. The summed E-state index contributed by atoms with van der Waals surface area (Å²) in [6.07, 6.45) is 0. The minimum atomic E-state index is -0.0634. The normalized spacial score (nSPS) is 10.7. The molecule has 0 radical (unpaired) electrons. The van der Waals surface area contributed by atoms with Crippen molar-refractivity contribution in [3.63, 3.8) is 0 Å². The smallest absolute Gasteiger partial charge is 0.273 e. The highest BCUT2D eigenvalue weighted by Gasteiger charge is 2.17. The second-order valence-corrected chi connectivity index (χ2v) is 7.77. The van der Waals surface area contributed by atoms with Crippen molar-refractivity contribution >= 4 is 40.4 Å². The molecule has 0 aliphatic heterocycles. The van der Waals surface area contributed by atoms with Crippen molar-refractivity contribution in [3.8, 4) is 16.3 Å². The number of ether oxygens (including phenoxy) is 1. The molecule has 3 aromatic rings. The van der Waals surface area contributed by atoms with E-state index in [1.165, 1.54) is 11.3 Å². The Balaban J connectivity index is 1.72. The molecule has 0 atom stereocenters. The first kappa shape index (κ1) is 20.6. The van der Waals surface area contributed by atoms with Crippen molar-refractivity contribution in [2.24, 2.45) is 0 Å². The van der Waals surface area contributed by atoms with E-state index in [1.54, 1.807) is 16.3 Å². The van der Waals surface area contributed by atoms with E-state index in [0.717, 1.165) is 11.1 Å². The molecule has 1 amide bonds. The zero-order valence-corrected chi connectivity index (χ0v) is 17.9. The van der Waals surface area contributed by atoms with Crippen molar-refractivity contribution < 1.29 is 9.53 Å². The summed E-state index contributed by atoms with van der Waals surface area (Å²) in [5.41, 5.74) is 2.25. The van der Waals surface area contributed by atoms with E-state index < -0.39 is 0 Å². The van der Waals surface area contributed by atoms with E-state index in [-0.39, 0.29) is 5.91 Å². The van der Waals surface area contributed by atoms with Gasteiger partial charge in [0.2, 0.25) is 0 Å². The van der Waals surface area contributed by atoms with Gasteiger partial charge in [-0.1, -0.05) is 35.3 Å². The van der Waals surface area contributed by atoms with Gasteiger partial charge in [0.05, 0.1) is 5.02 Å². The van der Waals surface area contributed by atoms with Crippen molar-refractivity contribution in [2.45, 2.75) is 20.5 Å². The number of nitrogens with zero attached hydrogens (tertiary/aromatic N) is 2. The Labute approximate surface area is 178 Å². The van der Waals surface area contributed by atoms with Crippen LogP contribution in [-0.2, 0) is 6.61 Å². The Hall–Kier alpha value is -2.08. The highest BCUT2D eigenvalue weighted by molar-refractivity contribution is 7.13. The van der Waals surface area contributed by atoms with Gasteiger partial charge in [-0.15, -0.1) is 11.3 Å². The van der Waals surface area contributed by atoms with Gasteiger partial charge in [0.25, 0.3) is 5.91 Å².